The van der Waals surface area contributed by atoms with E-state index in [1.807, 2.05) is 18.2 Å². The van der Waals surface area contributed by atoms with Crippen LogP contribution in [0.1, 0.15) is 31.9 Å². The average Bonchev–Trinajstić information content (AvgIpc) is 2.27. The van der Waals surface area contributed by atoms with Crippen LogP contribution in [0.15, 0.2) is 18.2 Å². The van der Waals surface area contributed by atoms with Crippen molar-refractivity contribution in [1.29, 1.82) is 0 Å². The number of hydrogen-bond acceptors (Lipinski definition) is 3. The third-order valence-electron chi connectivity index (χ3n) is 2.87. The van der Waals surface area contributed by atoms with E-state index in [2.05, 4.69) is 26.1 Å². The monoisotopic (exact) mass is 285 g/mol. The second kappa shape index (κ2) is 6.37. The number of aliphatic hydroxyl groups is 1. The number of benzene rings is 1. The van der Waals surface area contributed by atoms with Crippen LogP contribution < -0.4 is 5.32 Å². The van der Waals surface area contributed by atoms with Crippen LogP contribution in [0.3, 0.4) is 0 Å². The lowest BCUT2D eigenvalue weighted by Crippen LogP contribution is -2.39. The normalized spacial score (nSPS) is 13.3. The number of carboxylic acid groups (broad SMARTS) is 1. The van der Waals surface area contributed by atoms with Crippen LogP contribution in [-0.4, -0.2) is 28.8 Å². The molecule has 0 aliphatic heterocycles. The number of hydrogen-bond donors (Lipinski definition) is 3. The number of carbonyl (C=O) groups is 1. The summed E-state index contributed by atoms with van der Waals surface area (Å²) in [7, 11) is 0. The fourth-order valence-corrected chi connectivity index (χ4v) is 2.23. The topological polar surface area (TPSA) is 69.6 Å². The maximum absolute atomic E-state index is 10.8. The Balaban J connectivity index is 2.77. The SMILES string of the molecule is CC(C)(C)c1ccc(CN[C@@H](CO)C(=O)O)cc1Cl. The van der Waals surface area contributed by atoms with Crippen molar-refractivity contribution in [1.82, 2.24) is 5.32 Å². The minimum Gasteiger partial charge on any atom is -0.480 e. The predicted octanol–water partition coefficient (Wildman–Crippen LogP) is 2.17. The molecular weight excluding hydrogens is 266 g/mol. The smallest absolute Gasteiger partial charge is 0.323 e. The molecule has 19 heavy (non-hydrogen) atoms. The highest BCUT2D eigenvalue weighted by atomic mass is 35.5. The summed E-state index contributed by atoms with van der Waals surface area (Å²) in [5, 5.41) is 21.2. The van der Waals surface area contributed by atoms with E-state index in [9.17, 15) is 4.79 Å². The summed E-state index contributed by atoms with van der Waals surface area (Å²) < 4.78 is 0. The van der Waals surface area contributed by atoms with Gasteiger partial charge in [0.05, 0.1) is 6.61 Å². The van der Waals surface area contributed by atoms with Gasteiger partial charge in [-0.1, -0.05) is 44.5 Å². The van der Waals surface area contributed by atoms with Gasteiger partial charge in [0.2, 0.25) is 0 Å². The first-order valence-corrected chi connectivity index (χ1v) is 6.49. The Kier molecular flexibility index (Phi) is 5.35. The van der Waals surface area contributed by atoms with Gasteiger partial charge in [0, 0.05) is 11.6 Å². The number of aliphatic carboxylic acids is 1. The molecule has 1 aromatic carbocycles. The van der Waals surface area contributed by atoms with Gasteiger partial charge in [0.15, 0.2) is 0 Å². The number of rotatable bonds is 5. The molecule has 0 unspecified atom stereocenters. The van der Waals surface area contributed by atoms with Gasteiger partial charge in [0.1, 0.15) is 6.04 Å². The van der Waals surface area contributed by atoms with Gasteiger partial charge in [-0.15, -0.1) is 0 Å². The van der Waals surface area contributed by atoms with Crippen molar-refractivity contribution in [3.63, 3.8) is 0 Å². The van der Waals surface area contributed by atoms with E-state index in [0.29, 0.717) is 11.6 Å². The molecule has 0 spiro atoms. The van der Waals surface area contributed by atoms with E-state index in [1.165, 1.54) is 0 Å². The highest BCUT2D eigenvalue weighted by Gasteiger charge is 2.18. The van der Waals surface area contributed by atoms with E-state index < -0.39 is 18.6 Å². The Morgan fingerprint density at radius 2 is 2.05 bits per heavy atom. The molecule has 1 rings (SSSR count). The van der Waals surface area contributed by atoms with Gasteiger partial charge in [0.25, 0.3) is 0 Å². The van der Waals surface area contributed by atoms with Gasteiger partial charge in [-0.05, 0) is 22.6 Å². The zero-order valence-electron chi connectivity index (χ0n) is 11.4. The molecule has 0 saturated carbocycles. The van der Waals surface area contributed by atoms with Crippen molar-refractivity contribution < 1.29 is 15.0 Å². The van der Waals surface area contributed by atoms with Crippen molar-refractivity contribution >= 4 is 17.6 Å². The molecule has 0 aliphatic rings. The van der Waals surface area contributed by atoms with E-state index in [-0.39, 0.29) is 5.41 Å². The molecule has 106 valence electrons. The van der Waals surface area contributed by atoms with Crippen molar-refractivity contribution in [2.45, 2.75) is 38.8 Å². The number of halogens is 1. The van der Waals surface area contributed by atoms with E-state index >= 15 is 0 Å². The predicted molar refractivity (Wildman–Crippen MR) is 75.5 cm³/mol. The molecule has 0 aromatic heterocycles. The Bertz CT molecular complexity index is 454. The third kappa shape index (κ3) is 4.49. The van der Waals surface area contributed by atoms with Crippen LogP contribution in [0.5, 0.6) is 0 Å². The zero-order chi connectivity index (χ0) is 14.6. The summed E-state index contributed by atoms with van der Waals surface area (Å²) in [6.45, 7) is 6.15. The highest BCUT2D eigenvalue weighted by Crippen LogP contribution is 2.29. The van der Waals surface area contributed by atoms with Crippen molar-refractivity contribution in [3.8, 4) is 0 Å². The standard InChI is InChI=1S/C14H20ClNO3/c1-14(2,3)10-5-4-9(6-11(10)15)7-16-12(8-17)13(18)19/h4-6,12,16-17H,7-8H2,1-3H3,(H,18,19)/t12-/m0/s1. The minimum atomic E-state index is -1.07. The summed E-state index contributed by atoms with van der Waals surface area (Å²) in [5.41, 5.74) is 1.91. The molecule has 5 heteroatoms. The molecule has 3 N–H and O–H groups in total. The molecule has 1 atom stereocenters. The number of aliphatic hydroxyl groups excluding tert-OH is 1. The van der Waals surface area contributed by atoms with Gasteiger partial charge in [-0.25, -0.2) is 0 Å². The first-order valence-electron chi connectivity index (χ1n) is 6.11. The third-order valence-corrected chi connectivity index (χ3v) is 3.19. The van der Waals surface area contributed by atoms with E-state index in [0.717, 1.165) is 11.1 Å². The molecule has 0 amide bonds. The Morgan fingerprint density at radius 3 is 2.47 bits per heavy atom. The summed E-state index contributed by atoms with van der Waals surface area (Å²) in [6, 6.07) is 4.73. The Hall–Kier alpha value is -1.10. The fourth-order valence-electron chi connectivity index (χ4n) is 1.75. The molecule has 0 heterocycles. The van der Waals surface area contributed by atoms with Crippen LogP contribution in [0.2, 0.25) is 5.02 Å². The molecule has 0 fully saturated rings. The molecule has 0 aliphatic carbocycles. The minimum absolute atomic E-state index is 0.0300. The van der Waals surface area contributed by atoms with Crippen LogP contribution in [0, 0.1) is 0 Å². The second-order valence-corrected chi connectivity index (χ2v) is 5.93. The maximum Gasteiger partial charge on any atom is 0.323 e. The summed E-state index contributed by atoms with van der Waals surface area (Å²) in [5.74, 6) is -1.07. The maximum atomic E-state index is 10.8. The first-order chi connectivity index (χ1) is 8.75. The van der Waals surface area contributed by atoms with Crippen molar-refractivity contribution in [3.05, 3.63) is 34.3 Å². The van der Waals surface area contributed by atoms with Crippen LogP contribution in [0.4, 0.5) is 0 Å². The number of carboxylic acids is 1. The number of nitrogens with one attached hydrogen (secondary N) is 1. The van der Waals surface area contributed by atoms with Crippen LogP contribution >= 0.6 is 11.6 Å². The Labute approximate surface area is 118 Å². The molecular formula is C14H20ClNO3. The van der Waals surface area contributed by atoms with Crippen molar-refractivity contribution in [2.24, 2.45) is 0 Å². The largest absolute Gasteiger partial charge is 0.480 e. The molecule has 0 radical (unpaired) electrons. The van der Waals surface area contributed by atoms with Gasteiger partial charge < -0.3 is 10.2 Å². The molecule has 0 bridgehead atoms. The first kappa shape index (κ1) is 16.0. The average molecular weight is 286 g/mol. The van der Waals surface area contributed by atoms with Gasteiger partial charge in [-0.2, -0.15) is 0 Å². The molecule has 1 aromatic rings. The summed E-state index contributed by atoms with van der Waals surface area (Å²) in [4.78, 5) is 10.8. The van der Waals surface area contributed by atoms with Crippen molar-refractivity contribution in [2.75, 3.05) is 6.61 Å². The molecule has 4 nitrogen and oxygen atoms in total. The fraction of sp³-hybridized carbons (Fsp3) is 0.500. The van der Waals surface area contributed by atoms with E-state index in [4.69, 9.17) is 21.8 Å². The van der Waals surface area contributed by atoms with Crippen LogP contribution in [0.25, 0.3) is 0 Å². The summed E-state index contributed by atoms with van der Waals surface area (Å²) >= 11 is 6.23. The lowest BCUT2D eigenvalue weighted by Gasteiger charge is -2.21. The van der Waals surface area contributed by atoms with E-state index in [1.54, 1.807) is 0 Å². The highest BCUT2D eigenvalue weighted by molar-refractivity contribution is 6.31. The van der Waals surface area contributed by atoms with Gasteiger partial charge >= 0.3 is 5.97 Å². The van der Waals surface area contributed by atoms with Crippen LogP contribution in [-0.2, 0) is 16.8 Å². The quantitative estimate of drug-likeness (QED) is 0.775. The lowest BCUT2D eigenvalue weighted by molar-refractivity contribution is -0.140. The second-order valence-electron chi connectivity index (χ2n) is 5.52. The Morgan fingerprint density at radius 1 is 1.42 bits per heavy atom. The molecule has 0 saturated heterocycles. The van der Waals surface area contributed by atoms with Gasteiger partial charge in [-0.3, -0.25) is 10.1 Å². The zero-order valence-corrected chi connectivity index (χ0v) is 12.2. The summed E-state index contributed by atoms with van der Waals surface area (Å²) in [6.07, 6.45) is 0. The lowest BCUT2D eigenvalue weighted by atomic mass is 9.86.